The lowest BCUT2D eigenvalue weighted by molar-refractivity contribution is 0.394. The minimum atomic E-state index is 0.0107. The van der Waals surface area contributed by atoms with E-state index < -0.39 is 0 Å². The Hall–Kier alpha value is -4.30. The SMILES string of the molecule is C=C(c1cc(Oc2ccc(NC(=CC)NC(/C=C(\C)C(C)(C)C)=C(/CNC(=S)OC)C(C)C)c3ccccc23)ccn1)N1CCCC1.CC.CC. The van der Waals surface area contributed by atoms with Gasteiger partial charge in [-0.05, 0) is 86.2 Å². The molecule has 0 bridgehead atoms. The van der Waals surface area contributed by atoms with Crippen molar-refractivity contribution in [3.63, 3.8) is 0 Å². The normalized spacial score (nSPS) is 13.7. The molecule has 0 atom stereocenters. The molecular formula is C43H63N5O2S. The number of pyridine rings is 1. The Morgan fingerprint density at radius 3 is 2.25 bits per heavy atom. The first-order valence-electron chi connectivity index (χ1n) is 18.4. The molecule has 2 aromatic carbocycles. The van der Waals surface area contributed by atoms with Crippen LogP contribution in [0.2, 0.25) is 0 Å². The molecule has 0 spiro atoms. The van der Waals surface area contributed by atoms with E-state index in [-0.39, 0.29) is 11.3 Å². The average Bonchev–Trinajstić information content (AvgIpc) is 3.68. The van der Waals surface area contributed by atoms with Crippen LogP contribution in [0.5, 0.6) is 11.5 Å². The maximum Gasteiger partial charge on any atom is 0.256 e. The second kappa shape index (κ2) is 21.2. The number of fused-ring (bicyclic) bond motifs is 1. The van der Waals surface area contributed by atoms with Crippen LogP contribution in [-0.4, -0.2) is 41.8 Å². The highest BCUT2D eigenvalue weighted by molar-refractivity contribution is 7.80. The van der Waals surface area contributed by atoms with Crippen LogP contribution in [0, 0.1) is 11.3 Å². The molecule has 1 fully saturated rings. The molecule has 1 aliphatic rings. The van der Waals surface area contributed by atoms with E-state index in [4.69, 9.17) is 21.7 Å². The van der Waals surface area contributed by atoms with Crippen LogP contribution < -0.4 is 20.7 Å². The summed E-state index contributed by atoms with van der Waals surface area (Å²) >= 11 is 5.29. The van der Waals surface area contributed by atoms with Gasteiger partial charge >= 0.3 is 0 Å². The first kappa shape index (κ1) is 42.9. The third kappa shape index (κ3) is 12.5. The van der Waals surface area contributed by atoms with Crippen molar-refractivity contribution in [1.82, 2.24) is 20.5 Å². The molecule has 2 heterocycles. The highest BCUT2D eigenvalue weighted by Gasteiger charge is 2.19. The van der Waals surface area contributed by atoms with E-state index in [1.807, 2.05) is 65.0 Å². The fourth-order valence-corrected chi connectivity index (χ4v) is 5.41. The van der Waals surface area contributed by atoms with Crippen LogP contribution in [0.15, 0.2) is 96.1 Å². The van der Waals surface area contributed by atoms with E-state index in [1.165, 1.54) is 24.0 Å². The molecule has 278 valence electrons. The number of rotatable bonds is 12. The van der Waals surface area contributed by atoms with Crippen LogP contribution in [0.4, 0.5) is 5.69 Å². The van der Waals surface area contributed by atoms with Crippen molar-refractivity contribution in [1.29, 1.82) is 0 Å². The topological polar surface area (TPSA) is 70.7 Å². The molecule has 1 aliphatic heterocycles. The van der Waals surface area contributed by atoms with Crippen LogP contribution >= 0.6 is 12.2 Å². The lowest BCUT2D eigenvalue weighted by Gasteiger charge is -2.25. The van der Waals surface area contributed by atoms with Gasteiger partial charge in [-0.3, -0.25) is 4.98 Å². The number of hydrogen-bond donors (Lipinski definition) is 3. The standard InChI is InChI=1S/C39H51N5O2S.2C2H6/c1-10-37(43-35(23-27(4)39(6,7)8)32(26(2)3)25-41-38(47)45-9)42-33-17-18-36(31-16-12-11-15-30(31)33)46-29-19-20-40-34(24-29)28(5)44-21-13-14-22-44;2*1-2/h10-12,15-20,23-24,26,42-43H,5,13-14,21-22,25H2,1-4,6-9H3,(H,41,47);2*1-2H3/b27-23+,35-32-,37-10?;;. The number of thiocarbonyl (C=S) groups is 1. The van der Waals surface area contributed by atoms with Crippen LogP contribution in [-0.2, 0) is 4.74 Å². The number of ether oxygens (including phenoxy) is 2. The highest BCUT2D eigenvalue weighted by atomic mass is 32.1. The Labute approximate surface area is 314 Å². The maximum atomic E-state index is 6.48. The van der Waals surface area contributed by atoms with Crippen molar-refractivity contribution in [2.24, 2.45) is 11.3 Å². The molecular weight excluding hydrogens is 651 g/mol. The van der Waals surface area contributed by atoms with Gasteiger partial charge in [-0.25, -0.2) is 0 Å². The molecule has 3 aromatic rings. The van der Waals surface area contributed by atoms with Gasteiger partial charge in [-0.15, -0.1) is 0 Å². The zero-order valence-electron chi connectivity index (χ0n) is 33.3. The first-order valence-corrected chi connectivity index (χ1v) is 18.9. The Bertz CT molecular complexity index is 1680. The quantitative estimate of drug-likeness (QED) is 0.127. The third-order valence-electron chi connectivity index (χ3n) is 8.65. The number of benzene rings is 2. The second-order valence-corrected chi connectivity index (χ2v) is 13.6. The average molecular weight is 714 g/mol. The summed E-state index contributed by atoms with van der Waals surface area (Å²) in [5.74, 6) is 2.63. The fraction of sp³-hybridized carbons (Fsp3) is 0.442. The van der Waals surface area contributed by atoms with Gasteiger partial charge in [0.15, 0.2) is 0 Å². The largest absolute Gasteiger partial charge is 0.474 e. The van der Waals surface area contributed by atoms with Crippen molar-refractivity contribution in [2.45, 2.75) is 89.0 Å². The Balaban J connectivity index is 0.00000217. The highest BCUT2D eigenvalue weighted by Crippen LogP contribution is 2.36. The maximum absolute atomic E-state index is 6.48. The summed E-state index contributed by atoms with van der Waals surface area (Å²) < 4.78 is 11.7. The van der Waals surface area contributed by atoms with Gasteiger partial charge in [-0.2, -0.15) is 0 Å². The molecule has 51 heavy (non-hydrogen) atoms. The number of allylic oxidation sites excluding steroid dienone is 3. The minimum Gasteiger partial charge on any atom is -0.474 e. The van der Waals surface area contributed by atoms with Gasteiger partial charge < -0.3 is 30.3 Å². The van der Waals surface area contributed by atoms with Gasteiger partial charge in [0.25, 0.3) is 5.17 Å². The van der Waals surface area contributed by atoms with E-state index in [9.17, 15) is 0 Å². The van der Waals surface area contributed by atoms with E-state index in [2.05, 4.69) is 104 Å². The van der Waals surface area contributed by atoms with E-state index >= 15 is 0 Å². The van der Waals surface area contributed by atoms with Gasteiger partial charge in [0.05, 0.1) is 18.5 Å². The number of nitrogens with zero attached hydrogens (tertiary/aromatic N) is 2. The number of anilines is 1. The predicted octanol–water partition coefficient (Wildman–Crippen LogP) is 11.4. The second-order valence-electron chi connectivity index (χ2n) is 13.2. The Kier molecular flexibility index (Phi) is 17.8. The fourth-order valence-electron chi connectivity index (χ4n) is 5.34. The number of methoxy groups -OCH3 is 1. The molecule has 8 heteroatoms. The van der Waals surface area contributed by atoms with Crippen molar-refractivity contribution >= 4 is 39.5 Å². The van der Waals surface area contributed by atoms with Crippen molar-refractivity contribution < 1.29 is 9.47 Å². The van der Waals surface area contributed by atoms with Gasteiger partial charge in [0, 0.05) is 54.1 Å². The molecule has 0 saturated carbocycles. The lowest BCUT2D eigenvalue weighted by Crippen LogP contribution is -2.30. The van der Waals surface area contributed by atoms with Crippen molar-refractivity contribution in [2.75, 3.05) is 32.1 Å². The monoisotopic (exact) mass is 713 g/mol. The molecule has 1 saturated heterocycles. The number of aromatic nitrogens is 1. The summed E-state index contributed by atoms with van der Waals surface area (Å²) in [7, 11) is 1.58. The number of likely N-dealkylation sites (tertiary alicyclic amines) is 1. The summed E-state index contributed by atoms with van der Waals surface area (Å²) in [5, 5.41) is 13.0. The van der Waals surface area contributed by atoms with E-state index in [0.29, 0.717) is 11.7 Å². The summed E-state index contributed by atoms with van der Waals surface area (Å²) in [5.41, 5.74) is 6.24. The summed E-state index contributed by atoms with van der Waals surface area (Å²) in [4.78, 5) is 6.87. The molecule has 3 N–H and O–H groups in total. The summed E-state index contributed by atoms with van der Waals surface area (Å²) in [6.45, 7) is 30.2. The molecule has 7 nitrogen and oxygen atoms in total. The van der Waals surface area contributed by atoms with Crippen LogP contribution in [0.3, 0.4) is 0 Å². The molecule has 0 unspecified atom stereocenters. The third-order valence-corrected chi connectivity index (χ3v) is 8.96. The van der Waals surface area contributed by atoms with Gasteiger partial charge in [0.1, 0.15) is 17.3 Å². The first-order chi connectivity index (χ1) is 24.4. The van der Waals surface area contributed by atoms with Crippen LogP contribution in [0.25, 0.3) is 16.5 Å². The van der Waals surface area contributed by atoms with Gasteiger partial charge in [-0.1, -0.05) is 98.7 Å². The Morgan fingerprint density at radius 1 is 1.02 bits per heavy atom. The Morgan fingerprint density at radius 2 is 1.67 bits per heavy atom. The smallest absolute Gasteiger partial charge is 0.256 e. The van der Waals surface area contributed by atoms with Crippen molar-refractivity contribution in [3.05, 3.63) is 102 Å². The van der Waals surface area contributed by atoms with Crippen molar-refractivity contribution in [3.8, 4) is 11.5 Å². The molecule has 4 rings (SSSR count). The number of nitrogens with one attached hydrogen (secondary N) is 3. The van der Waals surface area contributed by atoms with E-state index in [1.54, 1.807) is 13.3 Å². The molecule has 0 aliphatic carbocycles. The minimum absolute atomic E-state index is 0.0107. The molecule has 0 amide bonds. The van der Waals surface area contributed by atoms with Crippen LogP contribution in [0.1, 0.15) is 94.7 Å². The molecule has 0 radical (unpaired) electrons. The van der Waals surface area contributed by atoms with Gasteiger partial charge in [0.2, 0.25) is 0 Å². The zero-order chi connectivity index (χ0) is 38.1. The summed E-state index contributed by atoms with van der Waals surface area (Å²) in [6, 6.07) is 16.2. The summed E-state index contributed by atoms with van der Waals surface area (Å²) in [6.07, 6.45) is 8.47. The predicted molar refractivity (Wildman–Crippen MR) is 224 cm³/mol. The molecule has 1 aromatic heterocycles. The lowest BCUT2D eigenvalue weighted by atomic mass is 9.86. The van der Waals surface area contributed by atoms with E-state index in [0.717, 1.165) is 64.0 Å². The zero-order valence-corrected chi connectivity index (χ0v) is 34.1. The number of hydrogen-bond acceptors (Lipinski definition) is 7.